The fraction of sp³-hybridized carbons (Fsp3) is 0.257. The normalized spacial score (nSPS) is 12.6. The minimum Gasteiger partial charge on any atom is -0.352 e. The highest BCUT2D eigenvalue weighted by Crippen LogP contribution is 2.30. The van der Waals surface area contributed by atoms with E-state index < -0.39 is 28.5 Å². The maximum absolute atomic E-state index is 14.6. The molecule has 0 aliphatic rings. The van der Waals surface area contributed by atoms with Gasteiger partial charge in [0.15, 0.2) is 0 Å². The van der Waals surface area contributed by atoms with Crippen molar-refractivity contribution in [1.29, 1.82) is 0 Å². The topological polar surface area (TPSA) is 86.8 Å². The summed E-state index contributed by atoms with van der Waals surface area (Å²) < 4.78 is 29.4. The van der Waals surface area contributed by atoms with Crippen LogP contribution in [-0.2, 0) is 32.6 Å². The van der Waals surface area contributed by atoms with Crippen molar-refractivity contribution in [3.05, 3.63) is 130 Å². The van der Waals surface area contributed by atoms with E-state index >= 15 is 0 Å². The molecule has 2 atom stereocenters. The van der Waals surface area contributed by atoms with Crippen LogP contribution in [-0.4, -0.2) is 43.8 Å². The fourth-order valence-electron chi connectivity index (χ4n) is 4.91. The summed E-state index contributed by atoms with van der Waals surface area (Å²) in [4.78, 5) is 29.9. The van der Waals surface area contributed by atoms with Crippen LogP contribution in [0.15, 0.2) is 108 Å². The van der Waals surface area contributed by atoms with Crippen LogP contribution in [0.4, 0.5) is 5.69 Å². The molecule has 0 saturated carbocycles. The lowest BCUT2D eigenvalue weighted by atomic mass is 10.0. The molecule has 4 aromatic rings. The largest absolute Gasteiger partial charge is 0.352 e. The van der Waals surface area contributed by atoms with Crippen LogP contribution in [0.1, 0.15) is 37.0 Å². The van der Waals surface area contributed by atoms with Gasteiger partial charge in [0.25, 0.3) is 10.0 Å². The second kappa shape index (κ2) is 15.4. The summed E-state index contributed by atoms with van der Waals surface area (Å²) in [5, 5.41) is 3.83. The number of halogens is 2. The van der Waals surface area contributed by atoms with E-state index in [4.69, 9.17) is 23.2 Å². The SMILES string of the molecule is CCC(C)NC(=O)C(Cc1ccccc1)N(Cc1cccc(Cl)c1)C(=O)CN(c1cc(Cl)ccc1C)S(=O)(=O)c1ccccc1. The maximum Gasteiger partial charge on any atom is 0.264 e. The van der Waals surface area contributed by atoms with Crippen LogP contribution in [0.25, 0.3) is 0 Å². The number of sulfonamides is 1. The van der Waals surface area contributed by atoms with Gasteiger partial charge in [-0.25, -0.2) is 8.42 Å². The van der Waals surface area contributed by atoms with Gasteiger partial charge in [-0.1, -0.05) is 96.9 Å². The van der Waals surface area contributed by atoms with E-state index in [9.17, 15) is 18.0 Å². The third-order valence-corrected chi connectivity index (χ3v) is 9.81. The molecule has 7 nitrogen and oxygen atoms in total. The van der Waals surface area contributed by atoms with E-state index in [0.29, 0.717) is 27.6 Å². The van der Waals surface area contributed by atoms with Gasteiger partial charge in [0.1, 0.15) is 12.6 Å². The molecule has 0 aromatic heterocycles. The number of anilines is 1. The Morgan fingerprint density at radius 2 is 1.44 bits per heavy atom. The first-order valence-electron chi connectivity index (χ1n) is 14.7. The average Bonchev–Trinajstić information content (AvgIpc) is 3.03. The van der Waals surface area contributed by atoms with E-state index in [1.54, 1.807) is 55.5 Å². The Labute approximate surface area is 275 Å². The zero-order valence-corrected chi connectivity index (χ0v) is 27.8. The standard InChI is InChI=1S/C35H37Cl2N3O4S/c1-4-26(3)38-35(42)33(21-27-12-7-5-8-13-27)39(23-28-14-11-15-29(36)20-28)34(41)24-40(32-22-30(37)19-18-25(32)2)45(43,44)31-16-9-6-10-17-31/h5-20,22,26,33H,4,21,23-24H2,1-3H3,(H,38,42). The van der Waals surface area contributed by atoms with Gasteiger partial charge in [0.05, 0.1) is 10.6 Å². The number of nitrogens with one attached hydrogen (secondary N) is 1. The van der Waals surface area contributed by atoms with Crippen molar-refractivity contribution in [3.8, 4) is 0 Å². The number of carbonyl (C=O) groups excluding carboxylic acids is 2. The average molecular weight is 667 g/mol. The highest BCUT2D eigenvalue weighted by atomic mass is 35.5. The molecule has 2 amide bonds. The highest BCUT2D eigenvalue weighted by molar-refractivity contribution is 7.92. The number of nitrogens with zero attached hydrogens (tertiary/aromatic N) is 2. The summed E-state index contributed by atoms with van der Waals surface area (Å²) in [7, 11) is -4.22. The Hall–Kier alpha value is -3.85. The van der Waals surface area contributed by atoms with E-state index in [0.717, 1.165) is 9.87 Å². The summed E-state index contributed by atoms with van der Waals surface area (Å²) in [5.41, 5.74) is 2.43. The monoisotopic (exact) mass is 665 g/mol. The molecule has 45 heavy (non-hydrogen) atoms. The molecule has 0 aliphatic carbocycles. The van der Waals surface area contributed by atoms with Gasteiger partial charge in [0, 0.05) is 29.1 Å². The zero-order chi connectivity index (χ0) is 32.6. The lowest BCUT2D eigenvalue weighted by Gasteiger charge is -2.34. The minimum absolute atomic E-state index is 0.0221. The smallest absolute Gasteiger partial charge is 0.264 e. The van der Waals surface area contributed by atoms with E-state index in [-0.39, 0.29) is 35.5 Å². The molecule has 236 valence electrons. The summed E-state index contributed by atoms with van der Waals surface area (Å²) in [6.07, 6.45) is 0.917. The number of aryl methyl sites for hydroxylation is 1. The van der Waals surface area contributed by atoms with Crippen LogP contribution >= 0.6 is 23.2 Å². The third kappa shape index (κ3) is 8.87. The quantitative estimate of drug-likeness (QED) is 0.166. The molecule has 0 bridgehead atoms. The molecule has 0 fully saturated rings. The van der Waals surface area contributed by atoms with Crippen LogP contribution < -0.4 is 9.62 Å². The van der Waals surface area contributed by atoms with Crippen molar-refractivity contribution < 1.29 is 18.0 Å². The van der Waals surface area contributed by atoms with Crippen molar-refractivity contribution >= 4 is 50.7 Å². The van der Waals surface area contributed by atoms with Crippen molar-refractivity contribution in [2.75, 3.05) is 10.8 Å². The number of carbonyl (C=O) groups is 2. The van der Waals surface area contributed by atoms with Crippen LogP contribution in [0.2, 0.25) is 10.0 Å². The Balaban J connectivity index is 1.83. The van der Waals surface area contributed by atoms with Crippen LogP contribution in [0.3, 0.4) is 0 Å². The lowest BCUT2D eigenvalue weighted by molar-refractivity contribution is -0.140. The van der Waals surface area contributed by atoms with E-state index in [1.165, 1.54) is 23.1 Å². The van der Waals surface area contributed by atoms with Gasteiger partial charge in [0.2, 0.25) is 11.8 Å². The van der Waals surface area contributed by atoms with Crippen molar-refractivity contribution in [2.24, 2.45) is 0 Å². The molecule has 0 spiro atoms. The molecule has 1 N–H and O–H groups in total. The Morgan fingerprint density at radius 3 is 2.09 bits per heavy atom. The number of rotatable bonds is 13. The zero-order valence-electron chi connectivity index (χ0n) is 25.5. The fourth-order valence-corrected chi connectivity index (χ4v) is 6.78. The molecule has 0 aliphatic heterocycles. The molecular weight excluding hydrogens is 629 g/mol. The second-order valence-corrected chi connectivity index (χ2v) is 13.7. The van der Waals surface area contributed by atoms with Gasteiger partial charge in [-0.3, -0.25) is 13.9 Å². The second-order valence-electron chi connectivity index (χ2n) is 10.9. The van der Waals surface area contributed by atoms with Gasteiger partial charge < -0.3 is 10.2 Å². The summed E-state index contributed by atoms with van der Waals surface area (Å²) in [5.74, 6) is -0.894. The molecule has 4 rings (SSSR count). The molecule has 4 aromatic carbocycles. The number of hydrogen-bond donors (Lipinski definition) is 1. The van der Waals surface area contributed by atoms with Crippen molar-refractivity contribution in [2.45, 2.75) is 57.1 Å². The van der Waals surface area contributed by atoms with Crippen LogP contribution in [0.5, 0.6) is 0 Å². The van der Waals surface area contributed by atoms with Gasteiger partial charge in [-0.2, -0.15) is 0 Å². The molecule has 0 saturated heterocycles. The molecular formula is C35H37Cl2N3O4S. The van der Waals surface area contributed by atoms with Crippen LogP contribution in [0, 0.1) is 6.92 Å². The first-order valence-corrected chi connectivity index (χ1v) is 16.9. The number of hydrogen-bond acceptors (Lipinski definition) is 4. The van der Waals surface area contributed by atoms with Gasteiger partial charge in [-0.15, -0.1) is 0 Å². The number of benzene rings is 4. The van der Waals surface area contributed by atoms with Gasteiger partial charge in [-0.05, 0) is 73.4 Å². The summed E-state index contributed by atoms with van der Waals surface area (Å²) >= 11 is 12.6. The molecule has 10 heteroatoms. The minimum atomic E-state index is -4.22. The summed E-state index contributed by atoms with van der Waals surface area (Å²) in [6, 6.07) is 28.2. The van der Waals surface area contributed by atoms with E-state index in [1.807, 2.05) is 50.2 Å². The summed E-state index contributed by atoms with van der Waals surface area (Å²) in [6.45, 7) is 5.08. The maximum atomic E-state index is 14.6. The predicted molar refractivity (Wildman–Crippen MR) is 181 cm³/mol. The molecule has 0 radical (unpaired) electrons. The van der Waals surface area contributed by atoms with Gasteiger partial charge >= 0.3 is 0 Å². The lowest BCUT2D eigenvalue weighted by Crippen LogP contribution is -2.54. The third-order valence-electron chi connectivity index (χ3n) is 7.56. The predicted octanol–water partition coefficient (Wildman–Crippen LogP) is 7.05. The first-order chi connectivity index (χ1) is 21.5. The Bertz CT molecular complexity index is 1720. The van der Waals surface area contributed by atoms with E-state index in [2.05, 4.69) is 5.32 Å². The van der Waals surface area contributed by atoms with Crippen molar-refractivity contribution in [1.82, 2.24) is 10.2 Å². The van der Waals surface area contributed by atoms with Crippen molar-refractivity contribution in [3.63, 3.8) is 0 Å². The molecule has 2 unspecified atom stereocenters. The Kier molecular flexibility index (Phi) is 11.7. The Morgan fingerprint density at radius 1 is 0.822 bits per heavy atom. The molecule has 0 heterocycles. The highest BCUT2D eigenvalue weighted by Gasteiger charge is 2.35. The first kappa shape index (κ1) is 34.0. The number of amides is 2.